The monoisotopic (exact) mass is 243 g/mol. The lowest BCUT2D eigenvalue weighted by Crippen LogP contribution is -2.24. The van der Waals surface area contributed by atoms with Crippen LogP contribution >= 0.6 is 0 Å². The second-order valence-corrected chi connectivity index (χ2v) is 3.81. The zero-order valence-corrected chi connectivity index (χ0v) is 9.56. The summed E-state index contributed by atoms with van der Waals surface area (Å²) in [7, 11) is 1.40. The first-order chi connectivity index (χ1) is 8.54. The number of rotatable bonds is 2. The molecule has 1 aromatic rings. The highest BCUT2D eigenvalue weighted by atomic mass is 16.2. The van der Waals surface area contributed by atoms with Gasteiger partial charge >= 0.3 is 0 Å². The molecule has 0 saturated heterocycles. The molecule has 3 amide bonds. The predicted molar refractivity (Wildman–Crippen MR) is 61.7 cm³/mol. The molecule has 1 N–H and O–H groups in total. The molecule has 0 saturated carbocycles. The molecule has 0 spiro atoms. The Morgan fingerprint density at radius 2 is 2.00 bits per heavy atom. The zero-order valence-electron chi connectivity index (χ0n) is 9.56. The van der Waals surface area contributed by atoms with Gasteiger partial charge in [0, 0.05) is 12.7 Å². The standard InChI is InChI=1S/C12H9N3O3/c1-15-11(17)8-3-2-7(6-9(8)12(15)18)14-10(16)4-5-13/h2-3,6H,4H2,1H3,(H,14,16). The van der Waals surface area contributed by atoms with Gasteiger partial charge in [-0.2, -0.15) is 5.26 Å². The van der Waals surface area contributed by atoms with E-state index >= 15 is 0 Å². The van der Waals surface area contributed by atoms with Gasteiger partial charge in [0.25, 0.3) is 11.8 Å². The number of amides is 3. The first-order valence-electron chi connectivity index (χ1n) is 5.18. The number of anilines is 1. The minimum absolute atomic E-state index is 0.260. The number of carbonyl (C=O) groups is 3. The van der Waals surface area contributed by atoms with Gasteiger partial charge in [-0.1, -0.05) is 0 Å². The van der Waals surface area contributed by atoms with Crippen LogP contribution in [0.1, 0.15) is 27.1 Å². The van der Waals surface area contributed by atoms with Gasteiger partial charge in [0.05, 0.1) is 17.2 Å². The number of nitriles is 1. The number of hydrogen-bond donors (Lipinski definition) is 1. The van der Waals surface area contributed by atoms with Crippen LogP contribution in [0.4, 0.5) is 5.69 Å². The molecule has 0 atom stereocenters. The Bertz CT molecular complexity index is 601. The van der Waals surface area contributed by atoms with Crippen molar-refractivity contribution in [1.82, 2.24) is 4.90 Å². The lowest BCUT2D eigenvalue weighted by molar-refractivity contribution is -0.115. The SMILES string of the molecule is CN1C(=O)c2ccc(NC(=O)CC#N)cc2C1=O. The minimum atomic E-state index is -0.456. The summed E-state index contributed by atoms with van der Waals surface area (Å²) in [4.78, 5) is 35.6. The van der Waals surface area contributed by atoms with Crippen molar-refractivity contribution in [1.29, 1.82) is 5.26 Å². The Balaban J connectivity index is 2.30. The van der Waals surface area contributed by atoms with Gasteiger partial charge in [-0.25, -0.2) is 0 Å². The Hall–Kier alpha value is -2.68. The van der Waals surface area contributed by atoms with Gasteiger partial charge in [-0.05, 0) is 18.2 Å². The molecular weight excluding hydrogens is 234 g/mol. The summed E-state index contributed by atoms with van der Waals surface area (Å²) < 4.78 is 0. The van der Waals surface area contributed by atoms with Crippen molar-refractivity contribution in [3.8, 4) is 6.07 Å². The van der Waals surface area contributed by atoms with E-state index in [0.717, 1.165) is 4.90 Å². The second-order valence-electron chi connectivity index (χ2n) is 3.81. The Labute approximate surface area is 103 Å². The van der Waals surface area contributed by atoms with Crippen LogP contribution in [0, 0.1) is 11.3 Å². The summed E-state index contributed by atoms with van der Waals surface area (Å²) in [6, 6.07) is 6.17. The third-order valence-corrected chi connectivity index (χ3v) is 2.61. The summed E-state index contributed by atoms with van der Waals surface area (Å²) in [6.07, 6.45) is -0.260. The molecule has 18 heavy (non-hydrogen) atoms. The Morgan fingerprint density at radius 3 is 2.67 bits per heavy atom. The van der Waals surface area contributed by atoms with Gasteiger partial charge in [0.1, 0.15) is 6.42 Å². The molecule has 0 radical (unpaired) electrons. The number of benzene rings is 1. The number of nitrogens with zero attached hydrogens (tertiary/aromatic N) is 2. The first kappa shape index (κ1) is 11.8. The van der Waals surface area contributed by atoms with Crippen molar-refractivity contribution >= 4 is 23.4 Å². The van der Waals surface area contributed by atoms with E-state index in [2.05, 4.69) is 5.32 Å². The maximum absolute atomic E-state index is 11.7. The molecule has 0 bridgehead atoms. The van der Waals surface area contributed by atoms with Crippen LogP contribution in [0.25, 0.3) is 0 Å². The lowest BCUT2D eigenvalue weighted by atomic mass is 10.1. The van der Waals surface area contributed by atoms with Crippen LogP contribution in [-0.4, -0.2) is 29.7 Å². The van der Waals surface area contributed by atoms with E-state index in [0.29, 0.717) is 11.3 Å². The van der Waals surface area contributed by atoms with Crippen molar-refractivity contribution < 1.29 is 14.4 Å². The topological polar surface area (TPSA) is 90.3 Å². The average Bonchev–Trinajstić information content (AvgIpc) is 2.55. The minimum Gasteiger partial charge on any atom is -0.325 e. The predicted octanol–water partition coefficient (Wildman–Crippen LogP) is 0.765. The fourth-order valence-electron chi connectivity index (χ4n) is 1.72. The molecule has 1 aromatic carbocycles. The van der Waals surface area contributed by atoms with E-state index in [1.54, 1.807) is 6.07 Å². The van der Waals surface area contributed by atoms with Crippen LogP contribution < -0.4 is 5.32 Å². The smallest absolute Gasteiger partial charge is 0.261 e. The van der Waals surface area contributed by atoms with Crippen LogP contribution in [0.2, 0.25) is 0 Å². The number of carbonyl (C=O) groups excluding carboxylic acids is 3. The quantitative estimate of drug-likeness (QED) is 0.776. The van der Waals surface area contributed by atoms with Crippen LogP contribution in [0.3, 0.4) is 0 Å². The van der Waals surface area contributed by atoms with Crippen molar-refractivity contribution in [2.45, 2.75) is 6.42 Å². The summed E-state index contributed by atoms with van der Waals surface area (Å²) in [5.41, 5.74) is 0.975. The summed E-state index contributed by atoms with van der Waals surface area (Å²) in [6.45, 7) is 0. The van der Waals surface area contributed by atoms with Crippen LogP contribution in [0.5, 0.6) is 0 Å². The van der Waals surface area contributed by atoms with Crippen LogP contribution in [-0.2, 0) is 4.79 Å². The lowest BCUT2D eigenvalue weighted by Gasteiger charge is -2.03. The Kier molecular flexibility index (Phi) is 2.81. The van der Waals surface area contributed by atoms with Crippen molar-refractivity contribution in [2.75, 3.05) is 12.4 Å². The Morgan fingerprint density at radius 1 is 1.33 bits per heavy atom. The van der Waals surface area contributed by atoms with Gasteiger partial charge < -0.3 is 5.32 Å². The molecule has 0 aliphatic carbocycles. The molecular formula is C12H9N3O3. The van der Waals surface area contributed by atoms with E-state index in [-0.39, 0.29) is 17.9 Å². The maximum atomic E-state index is 11.7. The first-order valence-corrected chi connectivity index (χ1v) is 5.18. The number of imide groups is 1. The van der Waals surface area contributed by atoms with E-state index in [1.807, 2.05) is 0 Å². The molecule has 6 nitrogen and oxygen atoms in total. The van der Waals surface area contributed by atoms with Gasteiger partial charge in [0.2, 0.25) is 5.91 Å². The van der Waals surface area contributed by atoms with Gasteiger partial charge in [-0.3, -0.25) is 19.3 Å². The molecule has 0 unspecified atom stereocenters. The number of nitrogens with one attached hydrogen (secondary N) is 1. The van der Waals surface area contributed by atoms with E-state index in [9.17, 15) is 14.4 Å². The van der Waals surface area contributed by atoms with Crippen molar-refractivity contribution in [3.05, 3.63) is 29.3 Å². The molecule has 90 valence electrons. The molecule has 6 heteroatoms. The highest BCUT2D eigenvalue weighted by Gasteiger charge is 2.32. The molecule has 1 aliphatic heterocycles. The number of fused-ring (bicyclic) bond motifs is 1. The highest BCUT2D eigenvalue weighted by molar-refractivity contribution is 6.21. The molecule has 0 aromatic heterocycles. The molecule has 1 heterocycles. The highest BCUT2D eigenvalue weighted by Crippen LogP contribution is 2.24. The maximum Gasteiger partial charge on any atom is 0.261 e. The van der Waals surface area contributed by atoms with E-state index < -0.39 is 11.8 Å². The zero-order chi connectivity index (χ0) is 13.3. The second kappa shape index (κ2) is 4.30. The largest absolute Gasteiger partial charge is 0.325 e. The summed E-state index contributed by atoms with van der Waals surface area (Å²) in [5, 5.41) is 10.8. The fourth-order valence-corrected chi connectivity index (χ4v) is 1.72. The van der Waals surface area contributed by atoms with E-state index in [1.165, 1.54) is 25.2 Å². The summed E-state index contributed by atoms with van der Waals surface area (Å²) in [5.74, 6) is -1.21. The third kappa shape index (κ3) is 1.82. The summed E-state index contributed by atoms with van der Waals surface area (Å²) >= 11 is 0. The van der Waals surface area contributed by atoms with Crippen LogP contribution in [0.15, 0.2) is 18.2 Å². The third-order valence-electron chi connectivity index (χ3n) is 2.61. The van der Waals surface area contributed by atoms with Gasteiger partial charge in [-0.15, -0.1) is 0 Å². The van der Waals surface area contributed by atoms with Gasteiger partial charge in [0.15, 0.2) is 0 Å². The normalized spacial score (nSPS) is 13.2. The number of hydrogen-bond acceptors (Lipinski definition) is 4. The van der Waals surface area contributed by atoms with E-state index in [4.69, 9.17) is 5.26 Å². The molecule has 2 rings (SSSR count). The average molecular weight is 243 g/mol. The molecule has 1 aliphatic rings. The van der Waals surface area contributed by atoms with Crippen molar-refractivity contribution in [2.24, 2.45) is 0 Å². The molecule has 0 fully saturated rings. The van der Waals surface area contributed by atoms with Crippen molar-refractivity contribution in [3.63, 3.8) is 0 Å². The fraction of sp³-hybridized carbons (Fsp3) is 0.167.